The second-order valence-electron chi connectivity index (χ2n) is 6.13. The Bertz CT molecular complexity index is 460. The Morgan fingerprint density at radius 1 is 1.45 bits per heavy atom. The zero-order valence-electron chi connectivity index (χ0n) is 12.7. The molecule has 5 heteroatoms. The van der Waals surface area contributed by atoms with E-state index in [-0.39, 0.29) is 0 Å². The summed E-state index contributed by atoms with van der Waals surface area (Å²) in [6, 6.07) is 0.392. The molecule has 1 aliphatic heterocycles. The Balaban J connectivity index is 1.88. The van der Waals surface area contributed by atoms with E-state index in [2.05, 4.69) is 37.0 Å². The third kappa shape index (κ3) is 3.82. The Morgan fingerprint density at radius 3 is 2.60 bits per heavy atom. The second-order valence-corrected chi connectivity index (χ2v) is 6.13. The average molecular weight is 279 g/mol. The van der Waals surface area contributed by atoms with E-state index in [1.54, 1.807) is 0 Å². The topological polar surface area (TPSA) is 58.4 Å². The molecule has 0 atom stereocenters. The summed E-state index contributed by atoms with van der Waals surface area (Å²) in [5, 5.41) is 13.4. The number of aliphatic carboxylic acids is 1. The van der Waals surface area contributed by atoms with Gasteiger partial charge in [0.15, 0.2) is 0 Å². The molecule has 0 radical (unpaired) electrons. The lowest BCUT2D eigenvalue weighted by Crippen LogP contribution is -2.34. The monoisotopic (exact) mass is 279 g/mol. The maximum atomic E-state index is 10.7. The smallest absolute Gasteiger partial charge is 0.303 e. The molecule has 112 valence electrons. The minimum absolute atomic E-state index is 0.318. The number of carboxylic acids is 1. The summed E-state index contributed by atoms with van der Waals surface area (Å²) in [7, 11) is 0. The number of carboxylic acid groups (broad SMARTS) is 1. The van der Waals surface area contributed by atoms with Crippen molar-refractivity contribution in [2.24, 2.45) is 5.92 Å². The first kappa shape index (κ1) is 15.0. The highest BCUT2D eigenvalue weighted by atomic mass is 16.4. The van der Waals surface area contributed by atoms with Gasteiger partial charge in [-0.25, -0.2) is 0 Å². The van der Waals surface area contributed by atoms with E-state index >= 15 is 0 Å². The van der Waals surface area contributed by atoms with Gasteiger partial charge in [0.05, 0.1) is 5.69 Å². The van der Waals surface area contributed by atoms with Crippen LogP contribution in [0.5, 0.6) is 0 Å². The summed E-state index contributed by atoms with van der Waals surface area (Å²) < 4.78 is 2.02. The Morgan fingerprint density at radius 2 is 2.10 bits per heavy atom. The van der Waals surface area contributed by atoms with Crippen LogP contribution in [-0.2, 0) is 11.3 Å². The van der Waals surface area contributed by atoms with E-state index in [1.165, 1.54) is 5.56 Å². The molecule has 0 amide bonds. The van der Waals surface area contributed by atoms with Crippen molar-refractivity contribution in [2.75, 3.05) is 13.1 Å². The molecule has 1 aliphatic rings. The number of rotatable bonds is 5. The van der Waals surface area contributed by atoms with Crippen molar-refractivity contribution in [1.82, 2.24) is 14.7 Å². The summed E-state index contributed by atoms with van der Waals surface area (Å²) in [6.45, 7) is 9.24. The van der Waals surface area contributed by atoms with Crippen LogP contribution in [0.2, 0.25) is 0 Å². The van der Waals surface area contributed by atoms with E-state index in [0.29, 0.717) is 18.4 Å². The summed E-state index contributed by atoms with van der Waals surface area (Å²) >= 11 is 0. The molecule has 0 aromatic carbocycles. The predicted molar refractivity (Wildman–Crippen MR) is 77.6 cm³/mol. The maximum Gasteiger partial charge on any atom is 0.303 e. The van der Waals surface area contributed by atoms with Gasteiger partial charge >= 0.3 is 5.97 Å². The van der Waals surface area contributed by atoms with Gasteiger partial charge < -0.3 is 5.11 Å². The first-order chi connectivity index (χ1) is 9.45. The summed E-state index contributed by atoms with van der Waals surface area (Å²) in [6.07, 6.45) is 4.44. The van der Waals surface area contributed by atoms with Crippen molar-refractivity contribution in [1.29, 1.82) is 0 Å². The second kappa shape index (κ2) is 6.39. The molecule has 1 aromatic heterocycles. The van der Waals surface area contributed by atoms with Crippen LogP contribution in [-0.4, -0.2) is 38.8 Å². The molecular weight excluding hydrogens is 254 g/mol. The van der Waals surface area contributed by atoms with E-state index < -0.39 is 5.97 Å². The maximum absolute atomic E-state index is 10.7. The first-order valence-electron chi connectivity index (χ1n) is 7.44. The number of likely N-dealkylation sites (tertiary alicyclic amines) is 1. The molecule has 20 heavy (non-hydrogen) atoms. The van der Waals surface area contributed by atoms with Crippen LogP contribution in [0, 0.1) is 12.8 Å². The average Bonchev–Trinajstić information content (AvgIpc) is 2.73. The molecule has 0 spiro atoms. The SMILES string of the molecule is Cc1nn(C(C)C)cc1CN1CCC(CC(=O)O)CC1. The molecule has 1 N–H and O–H groups in total. The van der Waals surface area contributed by atoms with Crippen LogP contribution in [0.25, 0.3) is 0 Å². The van der Waals surface area contributed by atoms with Crippen molar-refractivity contribution in [3.05, 3.63) is 17.5 Å². The summed E-state index contributed by atoms with van der Waals surface area (Å²) in [4.78, 5) is 13.1. The number of aromatic nitrogens is 2. The van der Waals surface area contributed by atoms with Crippen LogP contribution in [0.15, 0.2) is 6.20 Å². The normalized spacial score (nSPS) is 17.8. The number of nitrogens with zero attached hydrogens (tertiary/aromatic N) is 3. The first-order valence-corrected chi connectivity index (χ1v) is 7.44. The van der Waals surface area contributed by atoms with Crippen LogP contribution >= 0.6 is 0 Å². The molecule has 0 unspecified atom stereocenters. The lowest BCUT2D eigenvalue weighted by molar-refractivity contribution is -0.138. The van der Waals surface area contributed by atoms with Gasteiger partial charge in [-0.05, 0) is 52.6 Å². The fraction of sp³-hybridized carbons (Fsp3) is 0.733. The standard InChI is InChI=1S/C15H25N3O2/c1-11(2)18-10-14(12(3)16-18)9-17-6-4-13(5-7-17)8-15(19)20/h10-11,13H,4-9H2,1-3H3,(H,19,20). The highest BCUT2D eigenvalue weighted by molar-refractivity contribution is 5.67. The van der Waals surface area contributed by atoms with Crippen molar-refractivity contribution in [2.45, 2.75) is 52.6 Å². The summed E-state index contributed by atoms with van der Waals surface area (Å²) in [5.74, 6) is -0.319. The van der Waals surface area contributed by atoms with Gasteiger partial charge in [0.1, 0.15) is 0 Å². The van der Waals surface area contributed by atoms with Crippen LogP contribution in [0.1, 0.15) is 50.4 Å². The van der Waals surface area contributed by atoms with E-state index in [9.17, 15) is 4.79 Å². The van der Waals surface area contributed by atoms with Gasteiger partial charge in [-0.3, -0.25) is 14.4 Å². The van der Waals surface area contributed by atoms with Crippen LogP contribution in [0.4, 0.5) is 0 Å². The third-order valence-corrected chi connectivity index (χ3v) is 4.11. The van der Waals surface area contributed by atoms with E-state index in [0.717, 1.165) is 38.2 Å². The Hall–Kier alpha value is -1.36. The number of hydrogen-bond donors (Lipinski definition) is 1. The highest BCUT2D eigenvalue weighted by Gasteiger charge is 2.22. The molecular formula is C15H25N3O2. The van der Waals surface area contributed by atoms with Crippen molar-refractivity contribution in [3.8, 4) is 0 Å². The fourth-order valence-corrected chi connectivity index (χ4v) is 2.78. The molecule has 0 saturated carbocycles. The Kier molecular flexibility index (Phi) is 4.81. The predicted octanol–water partition coefficient (Wildman–Crippen LogP) is 2.46. The van der Waals surface area contributed by atoms with Gasteiger partial charge in [0, 0.05) is 30.8 Å². The summed E-state index contributed by atoms with van der Waals surface area (Å²) in [5.41, 5.74) is 2.39. The lowest BCUT2D eigenvalue weighted by atomic mass is 9.93. The van der Waals surface area contributed by atoms with E-state index in [1.807, 2.05) is 4.68 Å². The number of hydrogen-bond acceptors (Lipinski definition) is 3. The van der Waals surface area contributed by atoms with Crippen molar-refractivity contribution < 1.29 is 9.90 Å². The quantitative estimate of drug-likeness (QED) is 0.899. The molecule has 2 heterocycles. The minimum atomic E-state index is -0.669. The molecule has 1 fully saturated rings. The molecule has 0 aliphatic carbocycles. The molecule has 5 nitrogen and oxygen atoms in total. The molecule has 1 aromatic rings. The molecule has 2 rings (SSSR count). The van der Waals surface area contributed by atoms with Gasteiger partial charge in [0.2, 0.25) is 0 Å². The fourth-order valence-electron chi connectivity index (χ4n) is 2.78. The number of piperidine rings is 1. The van der Waals surface area contributed by atoms with Gasteiger partial charge in [-0.15, -0.1) is 0 Å². The third-order valence-electron chi connectivity index (χ3n) is 4.11. The van der Waals surface area contributed by atoms with Gasteiger partial charge in [0.25, 0.3) is 0 Å². The Labute approximate surface area is 120 Å². The van der Waals surface area contributed by atoms with E-state index in [4.69, 9.17) is 5.11 Å². The largest absolute Gasteiger partial charge is 0.481 e. The van der Waals surface area contributed by atoms with Gasteiger partial charge in [-0.1, -0.05) is 0 Å². The number of carbonyl (C=O) groups is 1. The zero-order valence-corrected chi connectivity index (χ0v) is 12.7. The van der Waals surface area contributed by atoms with Crippen LogP contribution in [0.3, 0.4) is 0 Å². The highest BCUT2D eigenvalue weighted by Crippen LogP contribution is 2.22. The van der Waals surface area contributed by atoms with Crippen molar-refractivity contribution >= 4 is 5.97 Å². The minimum Gasteiger partial charge on any atom is -0.481 e. The number of aryl methyl sites for hydroxylation is 1. The molecule has 1 saturated heterocycles. The lowest BCUT2D eigenvalue weighted by Gasteiger charge is -2.31. The van der Waals surface area contributed by atoms with Crippen molar-refractivity contribution in [3.63, 3.8) is 0 Å². The van der Waals surface area contributed by atoms with Gasteiger partial charge in [-0.2, -0.15) is 5.10 Å². The van der Waals surface area contributed by atoms with Crippen LogP contribution < -0.4 is 0 Å². The zero-order chi connectivity index (χ0) is 14.7. The molecule has 0 bridgehead atoms.